The molecule has 0 aromatic heterocycles. The Hall–Kier alpha value is -2.95. The molecule has 10 nitrogen and oxygen atoms in total. The molecule has 0 aliphatic carbocycles. The van der Waals surface area contributed by atoms with Crippen molar-refractivity contribution < 1.29 is 23.6 Å². The number of likely N-dealkylation sites (N-methyl/N-ethyl adjacent to an activating group) is 1. The number of aliphatic carboxylic acids is 1. The Balaban J connectivity index is 2.07. The first kappa shape index (κ1) is 20.4. The second kappa shape index (κ2) is 8.62. The van der Waals surface area contributed by atoms with Gasteiger partial charge in [-0.15, -0.1) is 8.80 Å². The van der Waals surface area contributed by atoms with Crippen LogP contribution < -0.4 is 10.1 Å². The summed E-state index contributed by atoms with van der Waals surface area (Å²) in [7, 11) is 6.54. The Morgan fingerprint density at radius 1 is 1.19 bits per heavy atom. The zero-order chi connectivity index (χ0) is 20.1. The molecule has 0 fully saturated rings. The third kappa shape index (κ3) is 5.51. The van der Waals surface area contributed by atoms with E-state index < -0.39 is 29.3 Å². The van der Waals surface area contributed by atoms with Gasteiger partial charge in [0.05, 0.1) is 0 Å². The smallest absolute Gasteiger partial charge is 0.414 e. The summed E-state index contributed by atoms with van der Waals surface area (Å²) in [5.41, 5.74) is 0.711. The number of carbonyl (C=O) groups excluding carboxylic acids is 1. The number of carboxylic acid groups (broad SMARTS) is 1. The minimum atomic E-state index is -1.77. The Bertz CT molecular complexity index is 804. The van der Waals surface area contributed by atoms with Crippen LogP contribution in [-0.2, 0) is 22.4 Å². The number of amides is 1. The van der Waals surface area contributed by atoms with Gasteiger partial charge >= 0.3 is 12.1 Å². The lowest BCUT2D eigenvalue weighted by molar-refractivity contribution is -0.139. The van der Waals surface area contributed by atoms with Gasteiger partial charge in [-0.2, -0.15) is 0 Å². The van der Waals surface area contributed by atoms with E-state index >= 15 is 0 Å². The van der Waals surface area contributed by atoms with Gasteiger partial charge < -0.3 is 25.0 Å². The van der Waals surface area contributed by atoms with Crippen LogP contribution in [0.4, 0.5) is 4.79 Å². The number of carbonyl (C=O) groups is 2. The van der Waals surface area contributed by atoms with Gasteiger partial charge in [-0.25, -0.2) is 13.8 Å². The van der Waals surface area contributed by atoms with Gasteiger partial charge in [-0.05, 0) is 17.7 Å². The summed E-state index contributed by atoms with van der Waals surface area (Å²) in [6.07, 6.45) is -0.362. The van der Waals surface area contributed by atoms with Crippen LogP contribution in [0.15, 0.2) is 33.1 Å². The number of amidine groups is 2. The van der Waals surface area contributed by atoms with Crippen LogP contribution in [0.2, 0.25) is 0 Å². The average Bonchev–Trinajstić information content (AvgIpc) is 2.96. The molecule has 1 aliphatic rings. The van der Waals surface area contributed by atoms with Crippen molar-refractivity contribution >= 4 is 34.9 Å². The van der Waals surface area contributed by atoms with E-state index in [1.165, 1.54) is 4.90 Å². The highest BCUT2D eigenvalue weighted by Crippen LogP contribution is 2.15. The SMILES string of the molecule is CN(C)C(=O)Oc1ccc(C[C@H](NC2=NS(=O)N=C2N(C)C)C(=O)O)cc1. The van der Waals surface area contributed by atoms with Gasteiger partial charge in [-0.1, -0.05) is 12.1 Å². The fraction of sp³-hybridized carbons (Fsp3) is 0.375. The molecular weight excluding hydrogens is 374 g/mol. The van der Waals surface area contributed by atoms with Gasteiger partial charge in [-0.3, -0.25) is 0 Å². The summed E-state index contributed by atoms with van der Waals surface area (Å²) in [6.45, 7) is 0. The molecule has 146 valence electrons. The molecule has 0 spiro atoms. The lowest BCUT2D eigenvalue weighted by Gasteiger charge is -2.19. The summed E-state index contributed by atoms with van der Waals surface area (Å²) in [6, 6.07) is 5.52. The van der Waals surface area contributed by atoms with Crippen molar-refractivity contribution in [1.29, 1.82) is 0 Å². The van der Waals surface area contributed by atoms with Crippen LogP contribution in [0, 0.1) is 0 Å². The van der Waals surface area contributed by atoms with Gasteiger partial charge in [0.2, 0.25) is 0 Å². The zero-order valence-corrected chi connectivity index (χ0v) is 16.2. The fourth-order valence-corrected chi connectivity index (χ4v) is 2.86. The minimum absolute atomic E-state index is 0.142. The molecule has 1 aliphatic heterocycles. The molecule has 0 radical (unpaired) electrons. The number of nitrogens with one attached hydrogen (secondary N) is 1. The van der Waals surface area contributed by atoms with E-state index in [4.69, 9.17) is 4.74 Å². The predicted molar refractivity (Wildman–Crippen MR) is 101 cm³/mol. The largest absolute Gasteiger partial charge is 0.480 e. The Labute approximate surface area is 159 Å². The molecule has 0 saturated heterocycles. The molecule has 2 atom stereocenters. The first-order valence-electron chi connectivity index (χ1n) is 7.92. The Morgan fingerprint density at radius 3 is 2.33 bits per heavy atom. The van der Waals surface area contributed by atoms with Gasteiger partial charge in [0.25, 0.3) is 11.2 Å². The van der Waals surface area contributed by atoms with E-state index in [0.717, 1.165) is 0 Å². The number of benzene rings is 1. The van der Waals surface area contributed by atoms with Crippen LogP contribution in [0.3, 0.4) is 0 Å². The van der Waals surface area contributed by atoms with Crippen LogP contribution in [0.1, 0.15) is 5.56 Å². The lowest BCUT2D eigenvalue weighted by Crippen LogP contribution is -2.47. The molecule has 1 heterocycles. The molecule has 1 aromatic carbocycles. The van der Waals surface area contributed by atoms with Crippen molar-refractivity contribution in [1.82, 2.24) is 15.1 Å². The number of hydrogen-bond donors (Lipinski definition) is 2. The minimum Gasteiger partial charge on any atom is -0.480 e. The zero-order valence-electron chi connectivity index (χ0n) is 15.4. The van der Waals surface area contributed by atoms with Gasteiger partial charge in [0.15, 0.2) is 11.7 Å². The quantitative estimate of drug-likeness (QED) is 0.734. The number of hydrogen-bond acceptors (Lipinski definition) is 6. The lowest BCUT2D eigenvalue weighted by atomic mass is 10.1. The summed E-state index contributed by atoms with van der Waals surface area (Å²) < 4.78 is 24.3. The maximum atomic E-state index is 11.6. The van der Waals surface area contributed by atoms with Crippen LogP contribution in [0.5, 0.6) is 5.75 Å². The van der Waals surface area contributed by atoms with Crippen molar-refractivity contribution in [3.8, 4) is 5.75 Å². The molecule has 0 saturated carbocycles. The second-order valence-electron chi connectivity index (χ2n) is 6.13. The van der Waals surface area contributed by atoms with E-state index in [9.17, 15) is 18.9 Å². The van der Waals surface area contributed by atoms with Gasteiger partial charge in [0, 0.05) is 34.6 Å². The first-order chi connectivity index (χ1) is 12.7. The highest BCUT2D eigenvalue weighted by molar-refractivity contribution is 7.83. The highest BCUT2D eigenvalue weighted by Gasteiger charge is 2.27. The summed E-state index contributed by atoms with van der Waals surface area (Å²) in [5, 5.41) is 12.3. The van der Waals surface area contributed by atoms with E-state index in [-0.39, 0.29) is 12.3 Å². The normalized spacial score (nSPS) is 16.8. The van der Waals surface area contributed by atoms with Crippen molar-refractivity contribution in [2.24, 2.45) is 8.80 Å². The molecule has 1 aromatic rings. The maximum absolute atomic E-state index is 11.6. The standard InChI is InChI=1S/C16H21N5O5S/c1-20(2)14-13(18-27(25)19-14)17-12(15(22)23)9-10-5-7-11(8-6-10)26-16(24)21(3)4/h5-8,12H,9H2,1-4H3,(H,17,18)(H,22,23)/t12-,27?/m0/s1. The molecule has 27 heavy (non-hydrogen) atoms. The summed E-state index contributed by atoms with van der Waals surface area (Å²) in [5.74, 6) is -0.237. The van der Waals surface area contributed by atoms with E-state index in [1.807, 2.05) is 0 Å². The first-order valence-corrected chi connectivity index (χ1v) is 8.98. The number of rotatable bonds is 5. The molecule has 2 rings (SSSR count). The van der Waals surface area contributed by atoms with Gasteiger partial charge in [0.1, 0.15) is 11.8 Å². The van der Waals surface area contributed by atoms with Crippen LogP contribution in [0.25, 0.3) is 0 Å². The predicted octanol–water partition coefficient (Wildman–Crippen LogP) is 0.283. The van der Waals surface area contributed by atoms with Crippen molar-refractivity contribution in [3.05, 3.63) is 29.8 Å². The monoisotopic (exact) mass is 395 g/mol. The highest BCUT2D eigenvalue weighted by atomic mass is 32.2. The Morgan fingerprint density at radius 2 is 1.81 bits per heavy atom. The van der Waals surface area contributed by atoms with E-state index in [0.29, 0.717) is 17.1 Å². The fourth-order valence-electron chi connectivity index (χ4n) is 2.13. The molecular formula is C16H21N5O5S. The number of ether oxygens (including phenoxy) is 1. The van der Waals surface area contributed by atoms with Crippen LogP contribution in [-0.4, -0.2) is 77.1 Å². The summed E-state index contributed by atoms with van der Waals surface area (Å²) >= 11 is -1.77. The topological polar surface area (TPSA) is 124 Å². The van der Waals surface area contributed by atoms with Crippen molar-refractivity contribution in [3.63, 3.8) is 0 Å². The number of nitrogens with zero attached hydrogens (tertiary/aromatic N) is 4. The maximum Gasteiger partial charge on any atom is 0.414 e. The molecule has 0 bridgehead atoms. The number of carboxylic acids is 1. The molecule has 11 heteroatoms. The molecule has 1 unspecified atom stereocenters. The van der Waals surface area contributed by atoms with E-state index in [2.05, 4.69) is 14.1 Å². The third-order valence-corrected chi connectivity index (χ3v) is 4.18. The third-order valence-electron chi connectivity index (χ3n) is 3.51. The van der Waals surface area contributed by atoms with Crippen molar-refractivity contribution in [2.75, 3.05) is 28.2 Å². The van der Waals surface area contributed by atoms with Crippen molar-refractivity contribution in [2.45, 2.75) is 12.5 Å². The molecule has 1 amide bonds. The second-order valence-corrected chi connectivity index (χ2v) is 6.95. The average molecular weight is 395 g/mol. The van der Waals surface area contributed by atoms with E-state index in [1.54, 1.807) is 57.4 Å². The Kier molecular flexibility index (Phi) is 6.50. The molecule has 2 N–H and O–H groups in total. The summed E-state index contributed by atoms with van der Waals surface area (Å²) in [4.78, 5) is 26.0. The van der Waals surface area contributed by atoms with Crippen LogP contribution >= 0.6 is 0 Å².